The summed E-state index contributed by atoms with van der Waals surface area (Å²) in [4.78, 5) is 22.2. The maximum atomic E-state index is 11.4. The van der Waals surface area contributed by atoms with Crippen molar-refractivity contribution in [2.24, 2.45) is 0 Å². The molecular weight excluding hydrogens is 244 g/mol. The number of hydrogen-bond donors (Lipinski definition) is 3. The lowest BCUT2D eigenvalue weighted by molar-refractivity contribution is -0.140. The van der Waals surface area contributed by atoms with Crippen LogP contribution in [-0.2, 0) is 15.6 Å². The molecule has 1 rings (SSSR count). The number of amides is 2. The van der Waals surface area contributed by atoms with Crippen molar-refractivity contribution < 1.29 is 18.9 Å². The first kappa shape index (κ1) is 14.0. The van der Waals surface area contributed by atoms with Crippen LogP contribution in [-0.4, -0.2) is 44.9 Å². The first-order chi connectivity index (χ1) is 7.87. The number of carbonyl (C=O) groups is 2. The molecule has 0 heterocycles. The smallest absolute Gasteiger partial charge is 0.329 e. The van der Waals surface area contributed by atoms with Crippen LogP contribution in [0.25, 0.3) is 0 Å². The highest BCUT2D eigenvalue weighted by Crippen LogP contribution is 2.35. The molecule has 2 amide bonds. The van der Waals surface area contributed by atoms with Crippen LogP contribution in [0.1, 0.15) is 26.2 Å². The number of rotatable bonds is 6. The molecule has 0 spiro atoms. The van der Waals surface area contributed by atoms with E-state index < -0.39 is 28.3 Å². The molecule has 2 unspecified atom stereocenters. The fourth-order valence-electron chi connectivity index (χ4n) is 1.33. The van der Waals surface area contributed by atoms with Crippen LogP contribution < -0.4 is 10.6 Å². The molecular formula is C10H18N2O4S. The van der Waals surface area contributed by atoms with E-state index in [1.807, 2.05) is 6.92 Å². The van der Waals surface area contributed by atoms with Gasteiger partial charge in [0, 0.05) is 28.9 Å². The summed E-state index contributed by atoms with van der Waals surface area (Å²) in [7, 11) is -0.905. The predicted octanol–water partition coefficient (Wildman–Crippen LogP) is 0.0599. The summed E-state index contributed by atoms with van der Waals surface area (Å²) in [6, 6.07) is -0.473. The average molecular weight is 262 g/mol. The number of urea groups is 1. The summed E-state index contributed by atoms with van der Waals surface area (Å²) >= 11 is 0. The largest absolute Gasteiger partial charge is 0.480 e. The zero-order valence-corrected chi connectivity index (χ0v) is 10.8. The highest BCUT2D eigenvalue weighted by Gasteiger charge is 2.51. The maximum Gasteiger partial charge on any atom is 0.329 e. The highest BCUT2D eigenvalue weighted by atomic mass is 32.2. The second-order valence-electron chi connectivity index (χ2n) is 4.37. The Hall–Kier alpha value is -1.11. The standard InChI is InChI=1S/C10H18N2O4S/c1-7(17(2)16)3-6-11-9(15)12-10(4-5-10)8(13)14/h7H,3-6H2,1-2H3,(H,13,14)(H2,11,12,15). The zero-order chi connectivity index (χ0) is 13.1. The van der Waals surface area contributed by atoms with Crippen molar-refractivity contribution in [2.45, 2.75) is 37.0 Å². The van der Waals surface area contributed by atoms with Gasteiger partial charge < -0.3 is 15.7 Å². The van der Waals surface area contributed by atoms with Gasteiger partial charge in [0.1, 0.15) is 5.54 Å². The Bertz CT molecular complexity index is 341. The van der Waals surface area contributed by atoms with E-state index in [1.165, 1.54) is 0 Å². The molecule has 0 aliphatic heterocycles. The van der Waals surface area contributed by atoms with Crippen LogP contribution >= 0.6 is 0 Å². The third-order valence-electron chi connectivity index (χ3n) is 2.92. The lowest BCUT2D eigenvalue weighted by Crippen LogP contribution is -2.48. The van der Waals surface area contributed by atoms with Crippen LogP contribution in [0.2, 0.25) is 0 Å². The summed E-state index contributed by atoms with van der Waals surface area (Å²) in [6.07, 6.45) is 3.18. The van der Waals surface area contributed by atoms with Crippen LogP contribution in [0.5, 0.6) is 0 Å². The number of carboxylic acids is 1. The van der Waals surface area contributed by atoms with Gasteiger partial charge in [-0.05, 0) is 19.3 Å². The van der Waals surface area contributed by atoms with E-state index in [0.717, 1.165) is 0 Å². The van der Waals surface area contributed by atoms with Crippen molar-refractivity contribution in [2.75, 3.05) is 12.8 Å². The predicted molar refractivity (Wildman–Crippen MR) is 64.3 cm³/mol. The van der Waals surface area contributed by atoms with Gasteiger partial charge in [-0.25, -0.2) is 9.59 Å². The molecule has 3 N–H and O–H groups in total. The van der Waals surface area contributed by atoms with Crippen LogP contribution in [0.4, 0.5) is 4.79 Å². The quantitative estimate of drug-likeness (QED) is 0.630. The first-order valence-electron chi connectivity index (χ1n) is 5.49. The van der Waals surface area contributed by atoms with Gasteiger partial charge in [0.25, 0.3) is 0 Å². The summed E-state index contributed by atoms with van der Waals surface area (Å²) in [5.74, 6) is -0.990. The van der Waals surface area contributed by atoms with Gasteiger partial charge >= 0.3 is 12.0 Å². The van der Waals surface area contributed by atoms with Crippen LogP contribution in [0.3, 0.4) is 0 Å². The number of carbonyl (C=O) groups excluding carboxylic acids is 1. The molecule has 1 aliphatic carbocycles. The Morgan fingerprint density at radius 1 is 1.47 bits per heavy atom. The lowest BCUT2D eigenvalue weighted by Gasteiger charge is -2.14. The van der Waals surface area contributed by atoms with Gasteiger partial charge in [-0.1, -0.05) is 6.92 Å². The minimum atomic E-state index is -1.05. The summed E-state index contributed by atoms with van der Waals surface area (Å²) < 4.78 is 11.1. The van der Waals surface area contributed by atoms with Gasteiger partial charge in [0.15, 0.2) is 0 Å². The molecule has 17 heavy (non-hydrogen) atoms. The summed E-state index contributed by atoms with van der Waals surface area (Å²) in [5, 5.41) is 13.9. The van der Waals surface area contributed by atoms with E-state index >= 15 is 0 Å². The third-order valence-corrected chi connectivity index (χ3v) is 4.28. The topological polar surface area (TPSA) is 95.5 Å². The second-order valence-corrected chi connectivity index (χ2v) is 6.17. The molecule has 1 fully saturated rings. The van der Waals surface area contributed by atoms with Gasteiger partial charge in [0.05, 0.1) is 0 Å². The molecule has 6 nitrogen and oxygen atoms in total. The molecule has 0 aromatic rings. The number of nitrogens with one attached hydrogen (secondary N) is 2. The van der Waals surface area contributed by atoms with E-state index in [2.05, 4.69) is 10.6 Å². The Morgan fingerprint density at radius 3 is 2.47 bits per heavy atom. The minimum Gasteiger partial charge on any atom is -0.480 e. The van der Waals surface area contributed by atoms with Crippen molar-refractivity contribution in [3.05, 3.63) is 0 Å². The Balaban J connectivity index is 2.23. The van der Waals surface area contributed by atoms with Crippen molar-refractivity contribution in [3.8, 4) is 0 Å². The van der Waals surface area contributed by atoms with E-state index in [9.17, 15) is 13.8 Å². The fourth-order valence-corrected chi connectivity index (χ4v) is 1.78. The Morgan fingerprint density at radius 2 is 2.06 bits per heavy atom. The van der Waals surface area contributed by atoms with Gasteiger partial charge in [0.2, 0.25) is 0 Å². The molecule has 0 saturated heterocycles. The number of aliphatic carboxylic acids is 1. The molecule has 98 valence electrons. The number of hydrogen-bond acceptors (Lipinski definition) is 3. The van der Waals surface area contributed by atoms with E-state index in [-0.39, 0.29) is 5.25 Å². The molecule has 7 heteroatoms. The second kappa shape index (κ2) is 5.48. The van der Waals surface area contributed by atoms with Gasteiger partial charge in [-0.15, -0.1) is 0 Å². The molecule has 0 radical (unpaired) electrons. The molecule has 0 aromatic heterocycles. The summed E-state index contributed by atoms with van der Waals surface area (Å²) in [5.41, 5.74) is -1.05. The maximum absolute atomic E-state index is 11.4. The summed E-state index contributed by atoms with van der Waals surface area (Å²) in [6.45, 7) is 2.23. The van der Waals surface area contributed by atoms with E-state index in [0.29, 0.717) is 25.8 Å². The monoisotopic (exact) mass is 262 g/mol. The molecule has 0 aromatic carbocycles. The van der Waals surface area contributed by atoms with Crippen molar-refractivity contribution >= 4 is 22.8 Å². The molecule has 0 bridgehead atoms. The third kappa shape index (κ3) is 3.99. The Labute approximate surface area is 103 Å². The fraction of sp³-hybridized carbons (Fsp3) is 0.800. The highest BCUT2D eigenvalue weighted by molar-refractivity contribution is 7.84. The van der Waals surface area contributed by atoms with Gasteiger partial charge in [-0.2, -0.15) is 0 Å². The lowest BCUT2D eigenvalue weighted by atomic mass is 10.3. The number of carboxylic acid groups (broad SMARTS) is 1. The minimum absolute atomic E-state index is 0.0182. The van der Waals surface area contributed by atoms with Crippen LogP contribution in [0.15, 0.2) is 0 Å². The van der Waals surface area contributed by atoms with E-state index in [4.69, 9.17) is 5.11 Å². The SMILES string of the molecule is CC(CCNC(=O)NC1(C(=O)O)CC1)S(C)=O. The Kier molecular flexibility index (Phi) is 4.50. The van der Waals surface area contributed by atoms with E-state index in [1.54, 1.807) is 6.26 Å². The molecule has 1 saturated carbocycles. The van der Waals surface area contributed by atoms with Crippen molar-refractivity contribution in [1.29, 1.82) is 0 Å². The normalized spacial score (nSPS) is 20.1. The van der Waals surface area contributed by atoms with Gasteiger partial charge in [-0.3, -0.25) is 4.21 Å². The van der Waals surface area contributed by atoms with Crippen molar-refractivity contribution in [3.63, 3.8) is 0 Å². The van der Waals surface area contributed by atoms with Crippen molar-refractivity contribution in [1.82, 2.24) is 10.6 Å². The average Bonchev–Trinajstić information content (AvgIpc) is 2.98. The zero-order valence-electron chi connectivity index (χ0n) is 9.99. The molecule has 2 atom stereocenters. The van der Waals surface area contributed by atoms with Crippen LogP contribution in [0, 0.1) is 0 Å². The molecule has 1 aliphatic rings. The first-order valence-corrected chi connectivity index (χ1v) is 7.11.